The largest absolute Gasteiger partial charge is 0.344 e. The number of hydrogen-bond acceptors (Lipinski definition) is 4. The standard InChI is InChI=1S/C34H31N5O3/c40-32(26-8-2-1-3-9-26)37-30-21-36-38-31(30)29-11-6-18-39(22-29)34(42)33(41)35-20-23-12-14-25(15-13-23)28-17-16-24-7-4-5-10-27(24)19-28/h1-5,7-10,12-17,19,21,29H,6,11,18,20,22H2,(H,35,41)(H,36,38)(H,37,40). The van der Waals surface area contributed by atoms with Gasteiger partial charge in [0.25, 0.3) is 5.91 Å². The van der Waals surface area contributed by atoms with Gasteiger partial charge in [-0.05, 0) is 58.5 Å². The van der Waals surface area contributed by atoms with Crippen molar-refractivity contribution in [3.05, 3.63) is 120 Å². The Hall–Kier alpha value is -5.24. The molecule has 5 aromatic rings. The van der Waals surface area contributed by atoms with E-state index < -0.39 is 11.8 Å². The Kier molecular flexibility index (Phi) is 7.76. The Morgan fingerprint density at radius 1 is 0.857 bits per heavy atom. The summed E-state index contributed by atoms with van der Waals surface area (Å²) in [5.74, 6) is -1.49. The van der Waals surface area contributed by atoms with E-state index in [9.17, 15) is 14.4 Å². The van der Waals surface area contributed by atoms with E-state index in [-0.39, 0.29) is 18.4 Å². The summed E-state index contributed by atoms with van der Waals surface area (Å²) in [7, 11) is 0. The number of nitrogens with zero attached hydrogens (tertiary/aromatic N) is 2. The van der Waals surface area contributed by atoms with E-state index in [1.54, 1.807) is 23.2 Å². The summed E-state index contributed by atoms with van der Waals surface area (Å²) in [5.41, 5.74) is 5.01. The van der Waals surface area contributed by atoms with Crippen LogP contribution in [0.4, 0.5) is 5.69 Å². The van der Waals surface area contributed by atoms with Crippen LogP contribution in [-0.4, -0.2) is 45.9 Å². The molecule has 0 saturated carbocycles. The van der Waals surface area contributed by atoms with E-state index in [2.05, 4.69) is 51.2 Å². The minimum atomic E-state index is -0.628. The quantitative estimate of drug-likeness (QED) is 0.240. The van der Waals surface area contributed by atoms with Crippen molar-refractivity contribution < 1.29 is 14.4 Å². The van der Waals surface area contributed by atoms with Crippen LogP contribution in [0.25, 0.3) is 21.9 Å². The summed E-state index contributed by atoms with van der Waals surface area (Å²) < 4.78 is 0. The van der Waals surface area contributed by atoms with Crippen molar-refractivity contribution in [1.29, 1.82) is 0 Å². The number of carbonyl (C=O) groups is 3. The van der Waals surface area contributed by atoms with Gasteiger partial charge in [-0.15, -0.1) is 0 Å². The maximum atomic E-state index is 13.0. The molecule has 0 spiro atoms. The van der Waals surface area contributed by atoms with E-state index in [1.807, 2.05) is 54.6 Å². The Bertz CT molecular complexity index is 1730. The number of aromatic nitrogens is 2. The van der Waals surface area contributed by atoms with Crippen molar-refractivity contribution in [2.75, 3.05) is 18.4 Å². The second-order valence-corrected chi connectivity index (χ2v) is 10.5. The van der Waals surface area contributed by atoms with Gasteiger partial charge in [0.05, 0.1) is 17.6 Å². The molecular formula is C34H31N5O3. The van der Waals surface area contributed by atoms with Gasteiger partial charge >= 0.3 is 11.8 Å². The van der Waals surface area contributed by atoms with Crippen LogP contribution in [0, 0.1) is 0 Å². The SMILES string of the molecule is O=C(NCc1ccc(-c2ccc3ccccc3c2)cc1)C(=O)N1CCCC(c2[nH]ncc2NC(=O)c2ccccc2)C1. The lowest BCUT2D eigenvalue weighted by Gasteiger charge is -2.32. The van der Waals surface area contributed by atoms with Gasteiger partial charge in [0.15, 0.2) is 0 Å². The number of fused-ring (bicyclic) bond motifs is 1. The lowest BCUT2D eigenvalue weighted by atomic mass is 9.94. The molecule has 0 aliphatic carbocycles. The molecule has 0 bridgehead atoms. The van der Waals surface area contributed by atoms with Crippen molar-refractivity contribution in [2.24, 2.45) is 0 Å². The Morgan fingerprint density at radius 2 is 1.60 bits per heavy atom. The highest BCUT2D eigenvalue weighted by Crippen LogP contribution is 2.31. The molecule has 4 aromatic carbocycles. The molecule has 0 radical (unpaired) electrons. The first-order valence-electron chi connectivity index (χ1n) is 14.1. The number of anilines is 1. The predicted octanol–water partition coefficient (Wildman–Crippen LogP) is 5.50. The summed E-state index contributed by atoms with van der Waals surface area (Å²) in [6.07, 6.45) is 3.13. The van der Waals surface area contributed by atoms with Gasteiger partial charge in [-0.25, -0.2) is 0 Å². The summed E-state index contributed by atoms with van der Waals surface area (Å²) in [6, 6.07) is 31.6. The zero-order chi connectivity index (χ0) is 28.9. The van der Waals surface area contributed by atoms with Gasteiger partial charge in [-0.1, -0.05) is 78.9 Å². The molecule has 1 aromatic heterocycles. The van der Waals surface area contributed by atoms with Gasteiger partial charge in [-0.2, -0.15) is 5.10 Å². The molecule has 1 aliphatic rings. The summed E-state index contributed by atoms with van der Waals surface area (Å²) in [4.78, 5) is 40.1. The Labute approximate surface area is 243 Å². The molecule has 1 atom stereocenters. The van der Waals surface area contributed by atoms with Crippen LogP contribution in [0.15, 0.2) is 103 Å². The van der Waals surface area contributed by atoms with Crippen LogP contribution in [0.5, 0.6) is 0 Å². The third-order valence-electron chi connectivity index (χ3n) is 7.75. The molecule has 6 rings (SSSR count). The van der Waals surface area contributed by atoms with Crippen molar-refractivity contribution in [2.45, 2.75) is 25.3 Å². The van der Waals surface area contributed by atoms with Gasteiger partial charge in [0, 0.05) is 31.1 Å². The Balaban J connectivity index is 1.04. The van der Waals surface area contributed by atoms with Crippen molar-refractivity contribution in [3.63, 3.8) is 0 Å². The first kappa shape index (κ1) is 27.0. The van der Waals surface area contributed by atoms with E-state index in [1.165, 1.54) is 10.8 Å². The smallest absolute Gasteiger partial charge is 0.311 e. The zero-order valence-electron chi connectivity index (χ0n) is 23.0. The van der Waals surface area contributed by atoms with Crippen LogP contribution >= 0.6 is 0 Å². The van der Waals surface area contributed by atoms with Gasteiger partial charge in [-0.3, -0.25) is 19.5 Å². The molecule has 210 valence electrons. The highest BCUT2D eigenvalue weighted by molar-refractivity contribution is 6.35. The summed E-state index contributed by atoms with van der Waals surface area (Å²) >= 11 is 0. The number of benzene rings is 4. The van der Waals surface area contributed by atoms with Crippen LogP contribution in [-0.2, 0) is 16.1 Å². The van der Waals surface area contributed by atoms with E-state index >= 15 is 0 Å². The van der Waals surface area contributed by atoms with Crippen LogP contribution < -0.4 is 10.6 Å². The average molecular weight is 558 g/mol. The number of hydrogen-bond donors (Lipinski definition) is 3. The molecule has 3 amide bonds. The minimum absolute atomic E-state index is 0.0771. The van der Waals surface area contributed by atoms with Gasteiger partial charge < -0.3 is 15.5 Å². The van der Waals surface area contributed by atoms with Gasteiger partial charge in [0.2, 0.25) is 0 Å². The summed E-state index contributed by atoms with van der Waals surface area (Å²) in [6.45, 7) is 1.13. The highest BCUT2D eigenvalue weighted by Gasteiger charge is 2.30. The number of piperidine rings is 1. The first-order chi connectivity index (χ1) is 20.5. The third-order valence-corrected chi connectivity index (χ3v) is 7.75. The van der Waals surface area contributed by atoms with Crippen LogP contribution in [0.1, 0.15) is 40.4 Å². The zero-order valence-corrected chi connectivity index (χ0v) is 23.0. The number of aromatic amines is 1. The molecule has 1 aliphatic heterocycles. The predicted molar refractivity (Wildman–Crippen MR) is 163 cm³/mol. The fraction of sp³-hybridized carbons (Fsp3) is 0.176. The minimum Gasteiger partial charge on any atom is -0.344 e. The normalized spacial score (nSPS) is 14.9. The van der Waals surface area contributed by atoms with Crippen molar-refractivity contribution in [1.82, 2.24) is 20.4 Å². The fourth-order valence-corrected chi connectivity index (χ4v) is 5.47. The third kappa shape index (κ3) is 5.93. The Morgan fingerprint density at radius 3 is 2.40 bits per heavy atom. The van der Waals surface area contributed by atoms with Crippen molar-refractivity contribution in [3.8, 4) is 11.1 Å². The number of rotatable bonds is 6. The monoisotopic (exact) mass is 557 g/mol. The fourth-order valence-electron chi connectivity index (χ4n) is 5.47. The number of nitrogens with one attached hydrogen (secondary N) is 3. The van der Waals surface area contributed by atoms with Crippen LogP contribution in [0.2, 0.25) is 0 Å². The molecule has 3 N–H and O–H groups in total. The number of amides is 3. The molecule has 8 heteroatoms. The molecule has 2 heterocycles. The average Bonchev–Trinajstić information content (AvgIpc) is 3.51. The van der Waals surface area contributed by atoms with Crippen LogP contribution in [0.3, 0.4) is 0 Å². The van der Waals surface area contributed by atoms with Crippen molar-refractivity contribution >= 4 is 34.2 Å². The molecule has 42 heavy (non-hydrogen) atoms. The number of H-pyrrole nitrogens is 1. The van der Waals surface area contributed by atoms with Gasteiger partial charge in [0.1, 0.15) is 0 Å². The number of carbonyl (C=O) groups excluding carboxylic acids is 3. The number of likely N-dealkylation sites (tertiary alicyclic amines) is 1. The lowest BCUT2D eigenvalue weighted by Crippen LogP contribution is -2.46. The summed E-state index contributed by atoms with van der Waals surface area (Å²) in [5, 5.41) is 15.2. The molecule has 8 nitrogen and oxygen atoms in total. The van der Waals surface area contributed by atoms with E-state index in [0.717, 1.165) is 35.2 Å². The van der Waals surface area contributed by atoms with E-state index in [4.69, 9.17) is 0 Å². The van der Waals surface area contributed by atoms with E-state index in [0.29, 0.717) is 24.3 Å². The first-order valence-corrected chi connectivity index (χ1v) is 14.1. The topological polar surface area (TPSA) is 107 Å². The second kappa shape index (κ2) is 12.1. The molecule has 1 saturated heterocycles. The molecular weight excluding hydrogens is 526 g/mol. The molecule has 1 unspecified atom stereocenters. The maximum absolute atomic E-state index is 13.0. The lowest BCUT2D eigenvalue weighted by molar-refractivity contribution is -0.146. The highest BCUT2D eigenvalue weighted by atomic mass is 16.2. The maximum Gasteiger partial charge on any atom is 0.311 e. The second-order valence-electron chi connectivity index (χ2n) is 10.5. The molecule has 1 fully saturated rings.